The summed E-state index contributed by atoms with van der Waals surface area (Å²) in [6.45, 7) is 5.15. The Balaban J connectivity index is 1.90. The van der Waals surface area contributed by atoms with Crippen molar-refractivity contribution < 1.29 is 9.84 Å². The summed E-state index contributed by atoms with van der Waals surface area (Å²) >= 11 is 6.59. The molecule has 1 aliphatic heterocycles. The number of hydrogen-bond donors (Lipinski definition) is 2. The van der Waals surface area contributed by atoms with Gasteiger partial charge >= 0.3 is 0 Å². The lowest BCUT2D eigenvalue weighted by Gasteiger charge is -2.20. The van der Waals surface area contributed by atoms with Crippen molar-refractivity contribution >= 4 is 11.6 Å². The van der Waals surface area contributed by atoms with Gasteiger partial charge in [0.2, 0.25) is 0 Å². The quantitative estimate of drug-likeness (QED) is 0.595. The third-order valence-electron chi connectivity index (χ3n) is 5.37. The van der Waals surface area contributed by atoms with Crippen molar-refractivity contribution in [1.29, 1.82) is 0 Å². The zero-order valence-corrected chi connectivity index (χ0v) is 17.3. The average molecular weight is 410 g/mol. The van der Waals surface area contributed by atoms with Crippen LogP contribution in [0.2, 0.25) is 5.02 Å². The minimum absolute atomic E-state index is 0.0121. The first-order valence-corrected chi connectivity index (χ1v) is 10.1. The van der Waals surface area contributed by atoms with Crippen LogP contribution in [0, 0.1) is 6.92 Å². The van der Waals surface area contributed by atoms with Gasteiger partial charge in [0.25, 0.3) is 0 Å². The van der Waals surface area contributed by atoms with Gasteiger partial charge in [-0.2, -0.15) is 0 Å². The van der Waals surface area contributed by atoms with Gasteiger partial charge in [0.05, 0.1) is 29.7 Å². The molecule has 2 unspecified atom stereocenters. The highest BCUT2D eigenvalue weighted by Gasteiger charge is 2.29. The van der Waals surface area contributed by atoms with Crippen LogP contribution < -0.4 is 10.1 Å². The third kappa shape index (κ3) is 3.86. The molecule has 0 radical (unpaired) electrons. The summed E-state index contributed by atoms with van der Waals surface area (Å²) < 4.78 is 6.02. The van der Waals surface area contributed by atoms with Crippen LogP contribution in [0.1, 0.15) is 41.3 Å². The number of aromatic nitrogens is 2. The van der Waals surface area contributed by atoms with Gasteiger partial charge in [0, 0.05) is 35.7 Å². The molecule has 0 saturated heterocycles. The summed E-state index contributed by atoms with van der Waals surface area (Å²) in [5, 5.41) is 13.0. The van der Waals surface area contributed by atoms with Gasteiger partial charge in [-0.05, 0) is 24.6 Å². The average Bonchev–Trinajstić information content (AvgIpc) is 3.12. The SMILES string of the molecule is Cc1nccc(-c2nc(C(CNCO)c3ccccc3)cc3c2OCC3C)c1Cl. The molecular weight excluding hydrogens is 386 g/mol. The number of aryl methyl sites for hydroxylation is 1. The van der Waals surface area contributed by atoms with Gasteiger partial charge in [-0.1, -0.05) is 48.9 Å². The lowest BCUT2D eigenvalue weighted by molar-refractivity contribution is 0.259. The zero-order chi connectivity index (χ0) is 20.4. The summed E-state index contributed by atoms with van der Waals surface area (Å²) in [5.41, 5.74) is 5.54. The second kappa shape index (κ2) is 8.49. The molecular formula is C23H24ClN3O2. The molecule has 0 aliphatic carbocycles. The maximum atomic E-state index is 9.33. The summed E-state index contributed by atoms with van der Waals surface area (Å²) in [6, 6.07) is 14.2. The summed E-state index contributed by atoms with van der Waals surface area (Å²) in [4.78, 5) is 9.30. The number of rotatable bonds is 6. The lowest BCUT2D eigenvalue weighted by atomic mass is 9.91. The number of halogens is 1. The van der Waals surface area contributed by atoms with Gasteiger partial charge in [-0.25, -0.2) is 4.98 Å². The van der Waals surface area contributed by atoms with E-state index in [1.807, 2.05) is 31.2 Å². The molecule has 3 aromatic rings. The van der Waals surface area contributed by atoms with Crippen LogP contribution in [0.15, 0.2) is 48.7 Å². The minimum atomic E-state index is -0.0873. The Bertz CT molecular complexity index is 1010. The molecule has 3 heterocycles. The van der Waals surface area contributed by atoms with Gasteiger partial charge in [0.15, 0.2) is 0 Å². The minimum Gasteiger partial charge on any atom is -0.490 e. The van der Waals surface area contributed by atoms with Crippen LogP contribution in [0.25, 0.3) is 11.3 Å². The highest BCUT2D eigenvalue weighted by atomic mass is 35.5. The first-order valence-electron chi connectivity index (χ1n) is 9.75. The molecule has 0 fully saturated rings. The smallest absolute Gasteiger partial charge is 0.149 e. The topological polar surface area (TPSA) is 67.3 Å². The lowest BCUT2D eigenvalue weighted by Crippen LogP contribution is -2.24. The summed E-state index contributed by atoms with van der Waals surface area (Å²) in [6.07, 6.45) is 1.75. The van der Waals surface area contributed by atoms with E-state index in [4.69, 9.17) is 21.3 Å². The molecule has 1 aromatic carbocycles. The van der Waals surface area contributed by atoms with E-state index in [-0.39, 0.29) is 18.6 Å². The van der Waals surface area contributed by atoms with Crippen molar-refractivity contribution in [3.63, 3.8) is 0 Å². The zero-order valence-electron chi connectivity index (χ0n) is 16.5. The van der Waals surface area contributed by atoms with Crippen molar-refractivity contribution in [2.75, 3.05) is 19.9 Å². The van der Waals surface area contributed by atoms with E-state index in [1.165, 1.54) is 0 Å². The van der Waals surface area contributed by atoms with Crippen molar-refractivity contribution in [2.45, 2.75) is 25.7 Å². The first kappa shape index (κ1) is 19.8. The fourth-order valence-electron chi connectivity index (χ4n) is 3.77. The fourth-order valence-corrected chi connectivity index (χ4v) is 3.97. The van der Waals surface area contributed by atoms with E-state index in [2.05, 4.69) is 35.4 Å². The normalized spacial score (nSPS) is 16.3. The van der Waals surface area contributed by atoms with Gasteiger partial charge in [-0.15, -0.1) is 0 Å². The number of benzene rings is 1. The number of nitrogens with one attached hydrogen (secondary N) is 1. The Morgan fingerprint density at radius 1 is 1.28 bits per heavy atom. The van der Waals surface area contributed by atoms with Crippen LogP contribution in [-0.4, -0.2) is 35.0 Å². The van der Waals surface area contributed by atoms with E-state index < -0.39 is 0 Å². The maximum Gasteiger partial charge on any atom is 0.149 e. The van der Waals surface area contributed by atoms with Crippen LogP contribution in [0.4, 0.5) is 0 Å². The predicted molar refractivity (Wildman–Crippen MR) is 114 cm³/mol. The van der Waals surface area contributed by atoms with E-state index >= 15 is 0 Å². The predicted octanol–water partition coefficient (Wildman–Crippen LogP) is 4.27. The number of pyridine rings is 2. The van der Waals surface area contributed by atoms with E-state index in [1.54, 1.807) is 6.20 Å². The van der Waals surface area contributed by atoms with Crippen molar-refractivity contribution in [3.8, 4) is 17.0 Å². The number of aliphatic hydroxyl groups is 1. The maximum absolute atomic E-state index is 9.33. The standard InChI is InChI=1S/C23H24ClN3O2/c1-14-12-29-23-18(14)10-20(19(11-25-13-28)16-6-4-3-5-7-16)27-22(23)17-8-9-26-15(2)21(17)24/h3-10,14,19,25,28H,11-13H2,1-2H3. The molecule has 0 spiro atoms. The largest absolute Gasteiger partial charge is 0.490 e. The second-order valence-electron chi connectivity index (χ2n) is 7.36. The Morgan fingerprint density at radius 2 is 2.07 bits per heavy atom. The number of aliphatic hydroxyl groups excluding tert-OH is 1. The van der Waals surface area contributed by atoms with Crippen molar-refractivity contribution in [1.82, 2.24) is 15.3 Å². The molecule has 5 nitrogen and oxygen atoms in total. The van der Waals surface area contributed by atoms with Crippen LogP contribution in [0.3, 0.4) is 0 Å². The molecule has 150 valence electrons. The fraction of sp³-hybridized carbons (Fsp3) is 0.304. The van der Waals surface area contributed by atoms with Crippen molar-refractivity contribution in [2.24, 2.45) is 0 Å². The van der Waals surface area contributed by atoms with Gasteiger partial charge < -0.3 is 9.84 Å². The molecule has 0 amide bonds. The van der Waals surface area contributed by atoms with Crippen LogP contribution >= 0.6 is 11.6 Å². The number of fused-ring (bicyclic) bond motifs is 1. The third-order valence-corrected chi connectivity index (χ3v) is 5.85. The summed E-state index contributed by atoms with van der Waals surface area (Å²) in [5.74, 6) is 1.06. The van der Waals surface area contributed by atoms with Crippen LogP contribution in [0.5, 0.6) is 5.75 Å². The highest BCUT2D eigenvalue weighted by molar-refractivity contribution is 6.33. The number of ether oxygens (including phenoxy) is 1. The van der Waals surface area contributed by atoms with Crippen LogP contribution in [-0.2, 0) is 0 Å². The first-order chi connectivity index (χ1) is 14.1. The molecule has 0 saturated carbocycles. The molecule has 1 aliphatic rings. The number of nitrogens with zero attached hydrogens (tertiary/aromatic N) is 2. The highest BCUT2D eigenvalue weighted by Crippen LogP contribution is 2.44. The Morgan fingerprint density at radius 3 is 2.83 bits per heavy atom. The molecule has 2 aromatic heterocycles. The molecule has 6 heteroatoms. The second-order valence-corrected chi connectivity index (χ2v) is 7.74. The molecule has 2 atom stereocenters. The summed E-state index contributed by atoms with van der Waals surface area (Å²) in [7, 11) is 0. The van der Waals surface area contributed by atoms with Crippen molar-refractivity contribution in [3.05, 3.63) is 76.2 Å². The van der Waals surface area contributed by atoms with E-state index in [0.29, 0.717) is 18.2 Å². The number of hydrogen-bond acceptors (Lipinski definition) is 5. The van der Waals surface area contributed by atoms with E-state index in [0.717, 1.165) is 39.5 Å². The molecule has 29 heavy (non-hydrogen) atoms. The molecule has 0 bridgehead atoms. The monoisotopic (exact) mass is 409 g/mol. The van der Waals surface area contributed by atoms with Gasteiger partial charge in [0.1, 0.15) is 11.4 Å². The van der Waals surface area contributed by atoms with E-state index in [9.17, 15) is 5.11 Å². The Hall–Kier alpha value is -2.47. The van der Waals surface area contributed by atoms with Gasteiger partial charge in [-0.3, -0.25) is 10.3 Å². The Labute approximate surface area is 175 Å². The molecule has 4 rings (SSSR count). The molecule has 2 N–H and O–H groups in total. The Kier molecular flexibility index (Phi) is 5.81.